The molecular formula is C21H23Cl3N2O3. The van der Waals surface area contributed by atoms with Gasteiger partial charge in [-0.3, -0.25) is 4.79 Å². The van der Waals surface area contributed by atoms with Gasteiger partial charge in [0, 0.05) is 5.69 Å². The van der Waals surface area contributed by atoms with Crippen molar-refractivity contribution in [3.8, 4) is 0 Å². The largest absolute Gasteiger partial charge is 0.462 e. The lowest BCUT2D eigenvalue weighted by Crippen LogP contribution is -2.49. The number of ether oxygens (including phenoxy) is 1. The minimum absolute atomic E-state index is 0.155. The number of amides is 1. The summed E-state index contributed by atoms with van der Waals surface area (Å²) in [6, 6.07) is 15.8. The summed E-state index contributed by atoms with van der Waals surface area (Å²) in [4.78, 5) is 24.3. The van der Waals surface area contributed by atoms with Gasteiger partial charge in [-0.15, -0.1) is 0 Å². The topological polar surface area (TPSA) is 67.4 Å². The van der Waals surface area contributed by atoms with E-state index in [1.165, 1.54) is 0 Å². The minimum Gasteiger partial charge on any atom is -0.462 e. The summed E-state index contributed by atoms with van der Waals surface area (Å²) >= 11 is 18.1. The van der Waals surface area contributed by atoms with Gasteiger partial charge in [0.05, 0.1) is 18.6 Å². The Kier molecular flexibility index (Phi) is 9.08. The first-order valence-corrected chi connectivity index (χ1v) is 10.4. The Morgan fingerprint density at radius 2 is 1.69 bits per heavy atom. The number of halogens is 3. The van der Waals surface area contributed by atoms with Crippen molar-refractivity contribution < 1.29 is 14.3 Å². The molecule has 0 aromatic heterocycles. The summed E-state index contributed by atoms with van der Waals surface area (Å²) in [5.74, 6) is -0.685. The van der Waals surface area contributed by atoms with Gasteiger partial charge in [-0.2, -0.15) is 0 Å². The molecule has 1 unspecified atom stereocenters. The number of nitrogens with one attached hydrogen (secondary N) is 2. The quantitative estimate of drug-likeness (QED) is 0.238. The van der Waals surface area contributed by atoms with Crippen LogP contribution in [0.4, 0.5) is 5.69 Å². The van der Waals surface area contributed by atoms with E-state index in [2.05, 4.69) is 10.6 Å². The molecule has 29 heavy (non-hydrogen) atoms. The molecule has 2 aromatic carbocycles. The Morgan fingerprint density at radius 1 is 1.03 bits per heavy atom. The van der Waals surface area contributed by atoms with Gasteiger partial charge in [-0.1, -0.05) is 78.5 Å². The van der Waals surface area contributed by atoms with Crippen molar-refractivity contribution in [1.29, 1.82) is 0 Å². The molecule has 5 nitrogen and oxygen atoms in total. The van der Waals surface area contributed by atoms with Gasteiger partial charge < -0.3 is 15.4 Å². The molecule has 0 spiro atoms. The van der Waals surface area contributed by atoms with Crippen molar-refractivity contribution in [1.82, 2.24) is 5.32 Å². The first-order valence-electron chi connectivity index (χ1n) is 9.23. The van der Waals surface area contributed by atoms with E-state index in [4.69, 9.17) is 39.5 Å². The van der Waals surface area contributed by atoms with E-state index < -0.39 is 9.96 Å². The third-order valence-corrected chi connectivity index (χ3v) is 4.66. The van der Waals surface area contributed by atoms with Crippen LogP contribution in [0.5, 0.6) is 0 Å². The predicted octanol–water partition coefficient (Wildman–Crippen LogP) is 5.11. The van der Waals surface area contributed by atoms with Gasteiger partial charge in [0.1, 0.15) is 6.17 Å². The highest BCUT2D eigenvalue weighted by Crippen LogP contribution is 2.31. The molecule has 0 aliphatic heterocycles. The lowest BCUT2D eigenvalue weighted by Gasteiger charge is -2.27. The Morgan fingerprint density at radius 3 is 2.28 bits per heavy atom. The average Bonchev–Trinajstić information content (AvgIpc) is 2.68. The summed E-state index contributed by atoms with van der Waals surface area (Å²) in [5.41, 5.74) is 1.84. The number of rotatable bonds is 9. The molecule has 0 saturated heterocycles. The van der Waals surface area contributed by atoms with Crippen molar-refractivity contribution in [3.05, 3.63) is 65.7 Å². The summed E-state index contributed by atoms with van der Waals surface area (Å²) < 4.78 is 3.39. The van der Waals surface area contributed by atoms with Crippen LogP contribution >= 0.6 is 34.8 Å². The molecule has 1 amide bonds. The molecule has 0 bridgehead atoms. The predicted molar refractivity (Wildman–Crippen MR) is 118 cm³/mol. The molecule has 0 aliphatic rings. The molecular weight excluding hydrogens is 435 g/mol. The summed E-state index contributed by atoms with van der Waals surface area (Å²) in [6.45, 7) is 2.41. The fourth-order valence-electron chi connectivity index (χ4n) is 2.45. The summed E-state index contributed by atoms with van der Waals surface area (Å²) in [6.07, 6.45) is 0.956. The van der Waals surface area contributed by atoms with Crippen LogP contribution < -0.4 is 10.6 Å². The zero-order valence-electron chi connectivity index (χ0n) is 16.0. The molecule has 1 atom stereocenters. The van der Waals surface area contributed by atoms with E-state index in [0.717, 1.165) is 18.4 Å². The number of hydrogen-bond donors (Lipinski definition) is 2. The highest BCUT2D eigenvalue weighted by molar-refractivity contribution is 6.68. The van der Waals surface area contributed by atoms with Crippen LogP contribution in [0.15, 0.2) is 54.6 Å². The monoisotopic (exact) mass is 456 g/mol. The number of alkyl halides is 3. The van der Waals surface area contributed by atoms with Gasteiger partial charge >= 0.3 is 5.97 Å². The summed E-state index contributed by atoms with van der Waals surface area (Å²) in [5, 5.41) is 5.66. The molecule has 2 aromatic rings. The number of hydrogen-bond acceptors (Lipinski definition) is 4. The maximum Gasteiger partial charge on any atom is 0.338 e. The lowest BCUT2D eigenvalue weighted by molar-refractivity contribution is -0.120. The molecule has 0 heterocycles. The van der Waals surface area contributed by atoms with E-state index in [1.807, 2.05) is 37.3 Å². The van der Waals surface area contributed by atoms with Gasteiger partial charge in [0.2, 0.25) is 9.70 Å². The number of esters is 1. The smallest absolute Gasteiger partial charge is 0.338 e. The zero-order chi connectivity index (χ0) is 21.3. The maximum absolute atomic E-state index is 12.3. The second-order valence-corrected chi connectivity index (χ2v) is 8.78. The molecule has 0 radical (unpaired) electrons. The molecule has 0 fully saturated rings. The Labute approximate surface area is 185 Å². The van der Waals surface area contributed by atoms with Crippen LogP contribution in [-0.2, 0) is 16.0 Å². The summed E-state index contributed by atoms with van der Waals surface area (Å²) in [7, 11) is 0. The van der Waals surface area contributed by atoms with Crippen molar-refractivity contribution in [3.63, 3.8) is 0 Å². The van der Waals surface area contributed by atoms with Crippen LogP contribution in [0, 0.1) is 0 Å². The number of carbonyl (C=O) groups is 2. The number of carbonyl (C=O) groups excluding carboxylic acids is 2. The van der Waals surface area contributed by atoms with E-state index in [1.54, 1.807) is 24.3 Å². The van der Waals surface area contributed by atoms with Crippen molar-refractivity contribution in [2.24, 2.45) is 0 Å². The third kappa shape index (κ3) is 8.13. The minimum atomic E-state index is -1.79. The fraction of sp³-hybridized carbons (Fsp3) is 0.333. The third-order valence-electron chi connectivity index (χ3n) is 4.00. The molecule has 2 N–H and O–H groups in total. The van der Waals surface area contributed by atoms with Crippen LogP contribution in [0.25, 0.3) is 0 Å². The maximum atomic E-state index is 12.3. The normalized spacial score (nSPS) is 12.1. The van der Waals surface area contributed by atoms with Crippen LogP contribution in [0.2, 0.25) is 0 Å². The van der Waals surface area contributed by atoms with E-state index in [-0.39, 0.29) is 18.3 Å². The van der Waals surface area contributed by atoms with Crippen LogP contribution in [-0.4, -0.2) is 28.4 Å². The fourth-order valence-corrected chi connectivity index (χ4v) is 2.78. The van der Waals surface area contributed by atoms with Gasteiger partial charge in [0.15, 0.2) is 0 Å². The van der Waals surface area contributed by atoms with E-state index in [0.29, 0.717) is 17.9 Å². The molecule has 0 aliphatic carbocycles. The first-order chi connectivity index (χ1) is 13.8. The second-order valence-electron chi connectivity index (χ2n) is 6.42. The molecule has 156 valence electrons. The Bertz CT molecular complexity index is 793. The van der Waals surface area contributed by atoms with Gasteiger partial charge in [-0.05, 0) is 36.2 Å². The number of benzene rings is 2. The van der Waals surface area contributed by atoms with Crippen LogP contribution in [0.1, 0.15) is 35.7 Å². The standard InChI is InChI=1S/C21H23Cl3N2O3/c1-2-3-13-29-19(28)16-9-11-17(12-10-16)25-20(21(22,23)24)26-18(27)14-15-7-5-4-6-8-15/h4-12,20,25H,2-3,13-14H2,1H3,(H,26,27). The number of unbranched alkanes of at least 4 members (excludes halogenated alkanes) is 1. The van der Waals surface area contributed by atoms with Crippen molar-refractivity contribution >= 4 is 52.4 Å². The first kappa shape index (κ1) is 23.3. The molecule has 0 saturated carbocycles. The zero-order valence-corrected chi connectivity index (χ0v) is 18.2. The highest BCUT2D eigenvalue weighted by atomic mass is 35.6. The Balaban J connectivity index is 1.99. The second kappa shape index (κ2) is 11.3. The van der Waals surface area contributed by atoms with Gasteiger partial charge in [-0.25, -0.2) is 4.79 Å². The number of anilines is 1. The van der Waals surface area contributed by atoms with Gasteiger partial charge in [0.25, 0.3) is 0 Å². The van der Waals surface area contributed by atoms with Crippen LogP contribution in [0.3, 0.4) is 0 Å². The lowest BCUT2D eigenvalue weighted by atomic mass is 10.1. The van der Waals surface area contributed by atoms with E-state index in [9.17, 15) is 9.59 Å². The SMILES string of the molecule is CCCCOC(=O)c1ccc(NC(NC(=O)Cc2ccccc2)C(Cl)(Cl)Cl)cc1. The Hall–Kier alpha value is -1.95. The molecule has 8 heteroatoms. The molecule has 2 rings (SSSR count). The van der Waals surface area contributed by atoms with Crippen molar-refractivity contribution in [2.75, 3.05) is 11.9 Å². The average molecular weight is 458 g/mol. The van der Waals surface area contributed by atoms with E-state index >= 15 is 0 Å². The highest BCUT2D eigenvalue weighted by Gasteiger charge is 2.34. The van der Waals surface area contributed by atoms with Crippen molar-refractivity contribution in [2.45, 2.75) is 36.1 Å².